The fourth-order valence-electron chi connectivity index (χ4n) is 1.73. The molecule has 0 fully saturated rings. The summed E-state index contributed by atoms with van der Waals surface area (Å²) >= 11 is 0. The smallest absolute Gasteiger partial charge is 0 e. The van der Waals surface area contributed by atoms with Crippen LogP contribution in [0.1, 0.15) is 12.5 Å². The number of aryl methyl sites for hydroxylation is 1. The maximum atomic E-state index is 2.20. The third kappa shape index (κ3) is 2.72. The first-order valence-corrected chi connectivity index (χ1v) is 5.05. The SMILES string of the molecule is CCc1ccccc1-c1ccccc1.[Al]. The van der Waals surface area contributed by atoms with E-state index in [-0.39, 0.29) is 17.4 Å². The van der Waals surface area contributed by atoms with Crippen LogP contribution in [0.4, 0.5) is 0 Å². The lowest BCUT2D eigenvalue weighted by Gasteiger charge is -2.06. The van der Waals surface area contributed by atoms with Gasteiger partial charge in [-0.15, -0.1) is 0 Å². The van der Waals surface area contributed by atoms with Crippen LogP contribution in [0.3, 0.4) is 0 Å². The van der Waals surface area contributed by atoms with Crippen molar-refractivity contribution in [3.8, 4) is 11.1 Å². The molecule has 0 spiro atoms. The molecule has 1 heteroatoms. The molecule has 0 nitrogen and oxygen atoms in total. The van der Waals surface area contributed by atoms with E-state index in [1.807, 2.05) is 0 Å². The molecule has 0 unspecified atom stereocenters. The quantitative estimate of drug-likeness (QED) is 0.664. The second-order valence-electron chi connectivity index (χ2n) is 3.38. The Morgan fingerprint density at radius 3 is 2.07 bits per heavy atom. The van der Waals surface area contributed by atoms with Crippen molar-refractivity contribution in [2.75, 3.05) is 0 Å². The van der Waals surface area contributed by atoms with Crippen molar-refractivity contribution in [3.05, 3.63) is 60.2 Å². The van der Waals surface area contributed by atoms with Gasteiger partial charge in [0, 0.05) is 17.4 Å². The molecule has 0 N–H and O–H groups in total. The first-order chi connectivity index (χ1) is 6.92. The van der Waals surface area contributed by atoms with Crippen LogP contribution in [0.5, 0.6) is 0 Å². The molecule has 0 amide bonds. The molecule has 0 atom stereocenters. The summed E-state index contributed by atoms with van der Waals surface area (Å²) in [5.41, 5.74) is 4.08. The summed E-state index contributed by atoms with van der Waals surface area (Å²) in [6.45, 7) is 2.20. The lowest BCUT2D eigenvalue weighted by atomic mass is 9.98. The molecule has 2 rings (SSSR count). The van der Waals surface area contributed by atoms with Gasteiger partial charge in [0.1, 0.15) is 0 Å². The van der Waals surface area contributed by atoms with E-state index in [9.17, 15) is 0 Å². The Kier molecular flexibility index (Phi) is 4.62. The van der Waals surface area contributed by atoms with Gasteiger partial charge in [-0.1, -0.05) is 61.5 Å². The van der Waals surface area contributed by atoms with Crippen LogP contribution >= 0.6 is 0 Å². The van der Waals surface area contributed by atoms with Gasteiger partial charge < -0.3 is 0 Å². The molecule has 0 aliphatic carbocycles. The highest BCUT2D eigenvalue weighted by Crippen LogP contribution is 2.23. The van der Waals surface area contributed by atoms with Gasteiger partial charge in [0.25, 0.3) is 0 Å². The van der Waals surface area contributed by atoms with Crippen molar-refractivity contribution in [3.63, 3.8) is 0 Å². The number of hydrogen-bond acceptors (Lipinski definition) is 0. The average molecular weight is 209 g/mol. The minimum absolute atomic E-state index is 0. The number of rotatable bonds is 2. The Morgan fingerprint density at radius 2 is 1.40 bits per heavy atom. The fraction of sp³-hybridized carbons (Fsp3) is 0.143. The van der Waals surface area contributed by atoms with Gasteiger partial charge in [-0.3, -0.25) is 0 Å². The standard InChI is InChI=1S/C14H14.Al/c1-2-12-8-6-7-11-14(12)13-9-4-3-5-10-13;/h3-11H,2H2,1H3;. The topological polar surface area (TPSA) is 0 Å². The molecular formula is C14H14Al. The molecule has 15 heavy (non-hydrogen) atoms. The summed E-state index contributed by atoms with van der Waals surface area (Å²) in [6.07, 6.45) is 1.09. The zero-order valence-corrected chi connectivity index (χ0v) is 10.1. The van der Waals surface area contributed by atoms with E-state index < -0.39 is 0 Å². The number of benzene rings is 2. The van der Waals surface area contributed by atoms with E-state index in [1.165, 1.54) is 16.7 Å². The van der Waals surface area contributed by atoms with Crippen molar-refractivity contribution < 1.29 is 0 Å². The van der Waals surface area contributed by atoms with Crippen LogP contribution < -0.4 is 0 Å². The Bertz CT molecular complexity index is 407. The van der Waals surface area contributed by atoms with Gasteiger partial charge >= 0.3 is 0 Å². The predicted octanol–water partition coefficient (Wildman–Crippen LogP) is 3.54. The molecule has 3 radical (unpaired) electrons. The molecule has 0 aliphatic rings. The summed E-state index contributed by atoms with van der Waals surface area (Å²) in [7, 11) is 0. The molecule has 2 aromatic carbocycles. The summed E-state index contributed by atoms with van der Waals surface area (Å²) in [4.78, 5) is 0. The van der Waals surface area contributed by atoms with Crippen molar-refractivity contribution in [1.29, 1.82) is 0 Å². The minimum atomic E-state index is 0. The molecule has 0 saturated carbocycles. The van der Waals surface area contributed by atoms with Crippen molar-refractivity contribution in [2.24, 2.45) is 0 Å². The van der Waals surface area contributed by atoms with Gasteiger partial charge in [0.05, 0.1) is 0 Å². The van der Waals surface area contributed by atoms with Crippen LogP contribution in [-0.2, 0) is 6.42 Å². The third-order valence-corrected chi connectivity index (χ3v) is 2.48. The van der Waals surface area contributed by atoms with Crippen LogP contribution in [0.25, 0.3) is 11.1 Å². The summed E-state index contributed by atoms with van der Waals surface area (Å²) in [5, 5.41) is 0. The minimum Gasteiger partial charge on any atom is -0.0622 e. The van der Waals surface area contributed by atoms with Crippen LogP contribution in [0.2, 0.25) is 0 Å². The monoisotopic (exact) mass is 209 g/mol. The fourth-order valence-corrected chi connectivity index (χ4v) is 1.73. The molecule has 2 aromatic rings. The van der Waals surface area contributed by atoms with Crippen molar-refractivity contribution in [1.82, 2.24) is 0 Å². The molecule has 73 valence electrons. The normalized spacial score (nSPS) is 9.40. The Hall–Kier alpha value is -1.03. The third-order valence-electron chi connectivity index (χ3n) is 2.48. The van der Waals surface area contributed by atoms with E-state index in [4.69, 9.17) is 0 Å². The van der Waals surface area contributed by atoms with E-state index in [0.717, 1.165) is 6.42 Å². The molecule has 0 saturated heterocycles. The second-order valence-corrected chi connectivity index (χ2v) is 3.38. The molecule has 0 heterocycles. The summed E-state index contributed by atoms with van der Waals surface area (Å²) in [6, 6.07) is 19.1. The van der Waals surface area contributed by atoms with Crippen LogP contribution in [-0.4, -0.2) is 17.4 Å². The predicted molar refractivity (Wildman–Crippen MR) is 67.0 cm³/mol. The number of hydrogen-bond donors (Lipinski definition) is 0. The Balaban J connectivity index is 0.00000112. The average Bonchev–Trinajstić information content (AvgIpc) is 2.30. The van der Waals surface area contributed by atoms with Gasteiger partial charge in [-0.25, -0.2) is 0 Å². The first kappa shape index (κ1) is 12.0. The van der Waals surface area contributed by atoms with Gasteiger partial charge in [0.15, 0.2) is 0 Å². The van der Waals surface area contributed by atoms with Crippen LogP contribution in [0.15, 0.2) is 54.6 Å². The van der Waals surface area contributed by atoms with Gasteiger partial charge in [-0.05, 0) is 23.1 Å². The van der Waals surface area contributed by atoms with Crippen molar-refractivity contribution >= 4 is 17.4 Å². The Morgan fingerprint density at radius 1 is 0.800 bits per heavy atom. The van der Waals surface area contributed by atoms with Crippen LogP contribution in [0, 0.1) is 0 Å². The highest BCUT2D eigenvalue weighted by Gasteiger charge is 2.00. The first-order valence-electron chi connectivity index (χ1n) is 5.05. The van der Waals surface area contributed by atoms with E-state index in [1.54, 1.807) is 0 Å². The van der Waals surface area contributed by atoms with E-state index >= 15 is 0 Å². The lowest BCUT2D eigenvalue weighted by molar-refractivity contribution is 1.14. The van der Waals surface area contributed by atoms with Gasteiger partial charge in [-0.2, -0.15) is 0 Å². The largest absolute Gasteiger partial charge is 0.0622 e. The van der Waals surface area contributed by atoms with E-state index in [0.29, 0.717) is 0 Å². The maximum absolute atomic E-state index is 2.20. The highest BCUT2D eigenvalue weighted by atomic mass is 27.0. The van der Waals surface area contributed by atoms with Gasteiger partial charge in [0.2, 0.25) is 0 Å². The van der Waals surface area contributed by atoms with Crippen molar-refractivity contribution in [2.45, 2.75) is 13.3 Å². The molecule has 0 aromatic heterocycles. The zero-order valence-electron chi connectivity index (χ0n) is 8.98. The zero-order chi connectivity index (χ0) is 9.80. The summed E-state index contributed by atoms with van der Waals surface area (Å²) < 4.78 is 0. The highest BCUT2D eigenvalue weighted by molar-refractivity contribution is 5.75. The summed E-state index contributed by atoms with van der Waals surface area (Å²) in [5.74, 6) is 0. The molecule has 0 aliphatic heterocycles. The Labute approximate surface area is 102 Å². The maximum Gasteiger partial charge on any atom is 0 e. The lowest BCUT2D eigenvalue weighted by Crippen LogP contribution is -1.85. The molecule has 0 bridgehead atoms. The van der Waals surface area contributed by atoms with E-state index in [2.05, 4.69) is 61.5 Å². The molecular weight excluding hydrogens is 195 g/mol. The second kappa shape index (κ2) is 5.76.